The van der Waals surface area contributed by atoms with Crippen LogP contribution in [0.25, 0.3) is 11.1 Å². The molecule has 0 aromatic heterocycles. The second kappa shape index (κ2) is 6.81. The Kier molecular flexibility index (Phi) is 5.07. The van der Waals surface area contributed by atoms with E-state index in [0.29, 0.717) is 22.7 Å². The monoisotopic (exact) mass is 289 g/mol. The maximum absolute atomic E-state index is 14.0. The minimum Gasteiger partial charge on any atom is -0.314 e. The summed E-state index contributed by atoms with van der Waals surface area (Å²) in [7, 11) is 0. The molecule has 0 radical (unpaired) electrons. The van der Waals surface area contributed by atoms with Crippen molar-refractivity contribution in [3.05, 3.63) is 59.2 Å². The average Bonchev–Trinajstić information content (AvgIpc) is 2.44. The van der Waals surface area contributed by atoms with Crippen LogP contribution < -0.4 is 5.32 Å². The molecule has 112 valence electrons. The van der Waals surface area contributed by atoms with Crippen LogP contribution in [0.15, 0.2) is 36.4 Å². The molecule has 3 heteroatoms. The van der Waals surface area contributed by atoms with E-state index >= 15 is 0 Å². The molecule has 0 heterocycles. The highest BCUT2D eigenvalue weighted by Gasteiger charge is 2.10. The Morgan fingerprint density at radius 3 is 2.33 bits per heavy atom. The summed E-state index contributed by atoms with van der Waals surface area (Å²) < 4.78 is 27.6. The molecule has 2 rings (SSSR count). The van der Waals surface area contributed by atoms with Gasteiger partial charge in [0.2, 0.25) is 0 Å². The van der Waals surface area contributed by atoms with Gasteiger partial charge in [0.25, 0.3) is 0 Å². The number of hydrogen-bond donors (Lipinski definition) is 1. The zero-order chi connectivity index (χ0) is 15.4. The minimum atomic E-state index is -0.386. The molecule has 1 N–H and O–H groups in total. The van der Waals surface area contributed by atoms with Crippen molar-refractivity contribution in [2.24, 2.45) is 0 Å². The van der Waals surface area contributed by atoms with E-state index < -0.39 is 0 Å². The van der Waals surface area contributed by atoms with Gasteiger partial charge in [-0.1, -0.05) is 31.2 Å². The van der Waals surface area contributed by atoms with E-state index in [1.807, 2.05) is 24.3 Å². The van der Waals surface area contributed by atoms with Gasteiger partial charge >= 0.3 is 0 Å². The lowest BCUT2D eigenvalue weighted by Crippen LogP contribution is -2.27. The highest BCUT2D eigenvalue weighted by molar-refractivity contribution is 5.65. The van der Waals surface area contributed by atoms with Gasteiger partial charge in [-0.05, 0) is 55.6 Å². The molecular formula is C18H21F2N. The van der Waals surface area contributed by atoms with Crippen LogP contribution in [0.1, 0.15) is 25.0 Å². The van der Waals surface area contributed by atoms with Crippen LogP contribution in [0.3, 0.4) is 0 Å². The van der Waals surface area contributed by atoms with Crippen LogP contribution in [-0.2, 0) is 6.42 Å². The van der Waals surface area contributed by atoms with Crippen molar-refractivity contribution < 1.29 is 8.78 Å². The van der Waals surface area contributed by atoms with Gasteiger partial charge in [0.05, 0.1) is 0 Å². The van der Waals surface area contributed by atoms with Gasteiger partial charge < -0.3 is 5.32 Å². The van der Waals surface area contributed by atoms with E-state index in [0.717, 1.165) is 13.0 Å². The van der Waals surface area contributed by atoms with Gasteiger partial charge in [-0.2, -0.15) is 0 Å². The first-order chi connectivity index (χ1) is 10.0. The van der Waals surface area contributed by atoms with E-state index in [2.05, 4.69) is 19.2 Å². The van der Waals surface area contributed by atoms with E-state index in [9.17, 15) is 8.78 Å². The van der Waals surface area contributed by atoms with Crippen molar-refractivity contribution in [3.8, 4) is 11.1 Å². The Morgan fingerprint density at radius 2 is 1.71 bits per heavy atom. The lowest BCUT2D eigenvalue weighted by molar-refractivity contribution is 0.565. The summed E-state index contributed by atoms with van der Waals surface area (Å²) in [5.74, 6) is -0.765. The Balaban J connectivity index is 2.21. The Hall–Kier alpha value is -1.74. The van der Waals surface area contributed by atoms with Gasteiger partial charge in [0, 0.05) is 11.6 Å². The highest BCUT2D eigenvalue weighted by Crippen LogP contribution is 2.26. The predicted molar refractivity (Wildman–Crippen MR) is 83.4 cm³/mol. The van der Waals surface area contributed by atoms with Crippen LogP contribution >= 0.6 is 0 Å². The molecule has 1 nitrogen and oxygen atoms in total. The number of hydrogen-bond acceptors (Lipinski definition) is 1. The lowest BCUT2D eigenvalue weighted by atomic mass is 9.99. The van der Waals surface area contributed by atoms with Crippen LogP contribution in [-0.4, -0.2) is 12.6 Å². The number of benzene rings is 2. The third-order valence-electron chi connectivity index (χ3n) is 3.61. The summed E-state index contributed by atoms with van der Waals surface area (Å²) in [6.07, 6.45) is 0.916. The zero-order valence-electron chi connectivity index (χ0n) is 12.7. The molecule has 0 bridgehead atoms. The molecule has 2 aromatic rings. The molecule has 1 unspecified atom stereocenters. The van der Waals surface area contributed by atoms with E-state index in [1.54, 1.807) is 6.92 Å². The largest absolute Gasteiger partial charge is 0.314 e. The highest BCUT2D eigenvalue weighted by atomic mass is 19.1. The Labute approximate surface area is 125 Å². The second-order valence-electron chi connectivity index (χ2n) is 5.44. The van der Waals surface area contributed by atoms with Crippen molar-refractivity contribution in [2.75, 3.05) is 6.54 Å². The zero-order valence-corrected chi connectivity index (χ0v) is 12.7. The molecule has 0 saturated carbocycles. The fraction of sp³-hybridized carbons (Fsp3) is 0.333. The lowest BCUT2D eigenvalue weighted by Gasteiger charge is -2.13. The number of rotatable bonds is 5. The molecule has 0 fully saturated rings. The summed E-state index contributed by atoms with van der Waals surface area (Å²) in [6, 6.07) is 10.5. The van der Waals surface area contributed by atoms with Gasteiger partial charge in [0.15, 0.2) is 0 Å². The van der Waals surface area contributed by atoms with Crippen molar-refractivity contribution in [3.63, 3.8) is 0 Å². The van der Waals surface area contributed by atoms with E-state index in [-0.39, 0.29) is 11.6 Å². The summed E-state index contributed by atoms with van der Waals surface area (Å²) in [5.41, 5.74) is 2.52. The van der Waals surface area contributed by atoms with Crippen molar-refractivity contribution in [1.82, 2.24) is 5.32 Å². The van der Waals surface area contributed by atoms with Gasteiger partial charge in [0.1, 0.15) is 11.6 Å². The van der Waals surface area contributed by atoms with Crippen LogP contribution in [0, 0.1) is 18.6 Å². The van der Waals surface area contributed by atoms with Crippen LogP contribution in [0.5, 0.6) is 0 Å². The normalized spacial score (nSPS) is 12.4. The Bertz CT molecular complexity index is 605. The fourth-order valence-corrected chi connectivity index (χ4v) is 2.46. The molecule has 0 aliphatic rings. The second-order valence-corrected chi connectivity index (χ2v) is 5.44. The average molecular weight is 289 g/mol. The van der Waals surface area contributed by atoms with E-state index in [4.69, 9.17) is 0 Å². The number of aryl methyl sites for hydroxylation is 1. The van der Waals surface area contributed by atoms with Crippen molar-refractivity contribution >= 4 is 0 Å². The smallest absolute Gasteiger partial charge is 0.131 e. The minimum absolute atomic E-state index is 0.310. The third-order valence-corrected chi connectivity index (χ3v) is 3.61. The number of nitrogens with one attached hydrogen (secondary N) is 1. The third kappa shape index (κ3) is 3.88. The standard InChI is InChI=1S/C18H21F2N/c1-4-21-13(3)10-14-5-7-15(8-6-14)16-11-17(19)12(2)9-18(16)20/h5-9,11,13,21H,4,10H2,1-3H3. The molecule has 2 aromatic carbocycles. The number of halogens is 2. The first kappa shape index (κ1) is 15.6. The first-order valence-corrected chi connectivity index (χ1v) is 7.29. The van der Waals surface area contributed by atoms with Crippen molar-refractivity contribution in [1.29, 1.82) is 0 Å². The Morgan fingerprint density at radius 1 is 1.05 bits per heavy atom. The SMILES string of the molecule is CCNC(C)Cc1ccc(-c2cc(F)c(C)cc2F)cc1. The summed E-state index contributed by atoms with van der Waals surface area (Å²) in [4.78, 5) is 0. The predicted octanol–water partition coefficient (Wildman–Crippen LogP) is 4.48. The maximum Gasteiger partial charge on any atom is 0.131 e. The quantitative estimate of drug-likeness (QED) is 0.855. The topological polar surface area (TPSA) is 12.0 Å². The van der Waals surface area contributed by atoms with Crippen molar-refractivity contribution in [2.45, 2.75) is 33.2 Å². The molecular weight excluding hydrogens is 268 g/mol. The van der Waals surface area contributed by atoms with Gasteiger partial charge in [-0.25, -0.2) is 8.78 Å². The summed E-state index contributed by atoms with van der Waals surface area (Å²) in [5, 5.41) is 3.35. The van der Waals surface area contributed by atoms with E-state index in [1.165, 1.54) is 17.7 Å². The van der Waals surface area contributed by atoms with Crippen LogP contribution in [0.4, 0.5) is 8.78 Å². The molecule has 21 heavy (non-hydrogen) atoms. The molecule has 1 atom stereocenters. The first-order valence-electron chi connectivity index (χ1n) is 7.29. The molecule has 0 spiro atoms. The molecule has 0 saturated heterocycles. The molecule has 0 aliphatic carbocycles. The fourth-order valence-electron chi connectivity index (χ4n) is 2.46. The molecule has 0 aliphatic heterocycles. The van der Waals surface area contributed by atoms with Gasteiger partial charge in [-0.15, -0.1) is 0 Å². The molecule has 0 amide bonds. The summed E-state index contributed by atoms with van der Waals surface area (Å²) >= 11 is 0. The number of likely N-dealkylation sites (N-methyl/N-ethyl adjacent to an activating group) is 1. The van der Waals surface area contributed by atoms with Gasteiger partial charge in [-0.3, -0.25) is 0 Å². The van der Waals surface area contributed by atoms with Crippen LogP contribution in [0.2, 0.25) is 0 Å². The maximum atomic E-state index is 14.0. The summed E-state index contributed by atoms with van der Waals surface area (Å²) in [6.45, 7) is 6.71.